The van der Waals surface area contributed by atoms with E-state index >= 15 is 0 Å². The minimum Gasteiger partial charge on any atom is -0.364 e. The second-order valence-electron chi connectivity index (χ2n) is 8.55. The lowest BCUT2D eigenvalue weighted by molar-refractivity contribution is -0.137. The Labute approximate surface area is 156 Å². The Bertz CT molecular complexity index is 609. The predicted octanol–water partition coefficient (Wildman–Crippen LogP) is 2.69. The summed E-state index contributed by atoms with van der Waals surface area (Å²) in [5.41, 5.74) is 0.830. The van der Waals surface area contributed by atoms with Crippen LogP contribution in [0.4, 0.5) is 0 Å². The van der Waals surface area contributed by atoms with Crippen molar-refractivity contribution in [1.29, 1.82) is 0 Å². The van der Waals surface area contributed by atoms with E-state index < -0.39 is 0 Å². The highest BCUT2D eigenvalue weighted by molar-refractivity contribution is 5.89. The van der Waals surface area contributed by atoms with E-state index in [0.717, 1.165) is 39.0 Å². The highest BCUT2D eigenvalue weighted by Crippen LogP contribution is 2.41. The molecule has 3 aliphatic rings. The predicted molar refractivity (Wildman–Crippen MR) is 102 cm³/mol. The molecule has 3 aliphatic heterocycles. The molecule has 3 fully saturated rings. The molecule has 2 bridgehead atoms. The summed E-state index contributed by atoms with van der Waals surface area (Å²) >= 11 is 0. The van der Waals surface area contributed by atoms with Crippen LogP contribution in [0.1, 0.15) is 49.9 Å². The van der Waals surface area contributed by atoms with Crippen molar-refractivity contribution in [1.82, 2.24) is 15.3 Å². The van der Waals surface area contributed by atoms with Gasteiger partial charge in [-0.05, 0) is 57.6 Å². The Kier molecular flexibility index (Phi) is 5.04. The molecular weight excluding hydrogens is 326 g/mol. The fourth-order valence-corrected chi connectivity index (χ4v) is 5.33. The van der Waals surface area contributed by atoms with Crippen molar-refractivity contribution in [2.24, 2.45) is 5.92 Å². The number of nitrogens with zero attached hydrogens (tertiary/aromatic N) is 2. The lowest BCUT2D eigenvalue weighted by Crippen LogP contribution is -2.63. The summed E-state index contributed by atoms with van der Waals surface area (Å²) in [5.74, 6) is 0.402. The minimum absolute atomic E-state index is 0.212. The summed E-state index contributed by atoms with van der Waals surface area (Å²) in [6.45, 7) is 8.78. The van der Waals surface area contributed by atoms with Crippen LogP contribution in [0, 0.1) is 5.92 Å². The van der Waals surface area contributed by atoms with Crippen LogP contribution < -0.4 is 5.32 Å². The van der Waals surface area contributed by atoms with Crippen molar-refractivity contribution in [3.63, 3.8) is 0 Å². The van der Waals surface area contributed by atoms with Gasteiger partial charge in [-0.15, -0.1) is 5.06 Å². The maximum atomic E-state index is 12.3. The molecule has 142 valence electrons. The van der Waals surface area contributed by atoms with Gasteiger partial charge in [0, 0.05) is 43.8 Å². The average Bonchev–Trinajstić information content (AvgIpc) is 2.93. The molecule has 0 aromatic heterocycles. The summed E-state index contributed by atoms with van der Waals surface area (Å²) in [6, 6.07) is 10.6. The Morgan fingerprint density at radius 1 is 1.04 bits per heavy atom. The molecule has 5 nitrogen and oxygen atoms in total. The van der Waals surface area contributed by atoms with Gasteiger partial charge >= 0.3 is 5.97 Å². The van der Waals surface area contributed by atoms with Crippen LogP contribution in [0.2, 0.25) is 0 Å². The molecule has 1 aromatic rings. The largest absolute Gasteiger partial charge is 0.364 e. The minimum atomic E-state index is -0.247. The van der Waals surface area contributed by atoms with Crippen LogP contribution in [-0.4, -0.2) is 59.7 Å². The molecular formula is C21H31N3O2. The van der Waals surface area contributed by atoms with Gasteiger partial charge in [0.05, 0.1) is 5.56 Å². The van der Waals surface area contributed by atoms with Gasteiger partial charge in [-0.1, -0.05) is 18.2 Å². The Balaban J connectivity index is 1.34. The molecule has 2 unspecified atom stereocenters. The molecule has 3 heterocycles. The zero-order chi connectivity index (χ0) is 18.1. The first-order valence-electron chi connectivity index (χ1n) is 10.1. The third-order valence-corrected chi connectivity index (χ3v) is 6.72. The van der Waals surface area contributed by atoms with Crippen LogP contribution in [-0.2, 0) is 4.84 Å². The SMILES string of the molecule is CC(C)(C1CCN(OC(=O)c2ccccc2)CC1)N1C2CCC1CNC2. The number of benzene rings is 1. The second-order valence-corrected chi connectivity index (χ2v) is 8.55. The summed E-state index contributed by atoms with van der Waals surface area (Å²) in [5, 5.41) is 5.44. The third kappa shape index (κ3) is 3.40. The van der Waals surface area contributed by atoms with E-state index in [4.69, 9.17) is 4.84 Å². The van der Waals surface area contributed by atoms with Crippen LogP contribution in [0.25, 0.3) is 0 Å². The van der Waals surface area contributed by atoms with E-state index in [9.17, 15) is 4.79 Å². The monoisotopic (exact) mass is 357 g/mol. The number of fused-ring (bicyclic) bond motifs is 2. The highest BCUT2D eigenvalue weighted by Gasteiger charge is 2.48. The second kappa shape index (κ2) is 7.29. The smallest absolute Gasteiger partial charge is 0.357 e. The number of piperazine rings is 1. The van der Waals surface area contributed by atoms with Crippen LogP contribution in [0.15, 0.2) is 30.3 Å². The average molecular weight is 357 g/mol. The van der Waals surface area contributed by atoms with E-state index in [-0.39, 0.29) is 11.5 Å². The first-order valence-corrected chi connectivity index (χ1v) is 10.1. The molecule has 0 radical (unpaired) electrons. The lowest BCUT2D eigenvalue weighted by Gasteiger charge is -2.51. The Morgan fingerprint density at radius 2 is 1.65 bits per heavy atom. The maximum absolute atomic E-state index is 12.3. The Morgan fingerprint density at radius 3 is 2.27 bits per heavy atom. The standard InChI is InChI=1S/C21H31N3O2/c1-21(2,24-18-8-9-19(24)15-22-14-18)17-10-12-23(13-11-17)26-20(25)16-6-4-3-5-7-16/h3-7,17-19,22H,8-15H2,1-2H3. The molecule has 4 rings (SSSR count). The van der Waals surface area contributed by atoms with Gasteiger partial charge in [0.15, 0.2) is 0 Å². The van der Waals surface area contributed by atoms with Gasteiger partial charge in [-0.25, -0.2) is 4.79 Å². The van der Waals surface area contributed by atoms with E-state index in [2.05, 4.69) is 24.1 Å². The van der Waals surface area contributed by atoms with E-state index in [1.807, 2.05) is 23.3 Å². The molecule has 1 N–H and O–H groups in total. The number of hydrogen-bond acceptors (Lipinski definition) is 5. The normalized spacial score (nSPS) is 28.2. The van der Waals surface area contributed by atoms with Crippen molar-refractivity contribution in [2.75, 3.05) is 26.2 Å². The number of nitrogens with one attached hydrogen (secondary N) is 1. The molecule has 1 aromatic carbocycles. The zero-order valence-electron chi connectivity index (χ0n) is 16.0. The van der Waals surface area contributed by atoms with Crippen LogP contribution in [0.3, 0.4) is 0 Å². The summed E-state index contributed by atoms with van der Waals surface area (Å²) in [7, 11) is 0. The maximum Gasteiger partial charge on any atom is 0.357 e. The fourth-order valence-electron chi connectivity index (χ4n) is 5.33. The van der Waals surface area contributed by atoms with Crippen molar-refractivity contribution in [2.45, 2.75) is 57.2 Å². The number of piperidine rings is 1. The Hall–Kier alpha value is -1.43. The first-order chi connectivity index (χ1) is 12.6. The summed E-state index contributed by atoms with van der Waals surface area (Å²) < 4.78 is 0. The van der Waals surface area contributed by atoms with Crippen molar-refractivity contribution in [3.05, 3.63) is 35.9 Å². The van der Waals surface area contributed by atoms with Crippen LogP contribution >= 0.6 is 0 Å². The number of carbonyl (C=O) groups is 1. The fraction of sp³-hybridized carbons (Fsp3) is 0.667. The summed E-state index contributed by atoms with van der Waals surface area (Å²) in [4.78, 5) is 20.7. The number of hydrogen-bond donors (Lipinski definition) is 1. The topological polar surface area (TPSA) is 44.8 Å². The van der Waals surface area contributed by atoms with Gasteiger partial charge in [0.2, 0.25) is 0 Å². The molecule has 5 heteroatoms. The third-order valence-electron chi connectivity index (χ3n) is 6.72. The van der Waals surface area contributed by atoms with E-state index in [1.54, 1.807) is 12.1 Å². The number of rotatable bonds is 4. The van der Waals surface area contributed by atoms with Gasteiger partial charge in [-0.2, -0.15) is 0 Å². The van der Waals surface area contributed by atoms with Crippen molar-refractivity contribution >= 4 is 5.97 Å². The van der Waals surface area contributed by atoms with Crippen molar-refractivity contribution in [3.8, 4) is 0 Å². The first kappa shape index (κ1) is 18.0. The van der Waals surface area contributed by atoms with Gasteiger partial charge in [-0.3, -0.25) is 4.90 Å². The summed E-state index contributed by atoms with van der Waals surface area (Å²) in [6.07, 6.45) is 4.82. The van der Waals surface area contributed by atoms with Gasteiger partial charge in [0.25, 0.3) is 0 Å². The molecule has 0 aliphatic carbocycles. The van der Waals surface area contributed by atoms with Gasteiger partial charge in [0.1, 0.15) is 0 Å². The molecule has 2 atom stereocenters. The molecule has 3 saturated heterocycles. The molecule has 0 amide bonds. The van der Waals surface area contributed by atoms with Crippen LogP contribution in [0.5, 0.6) is 0 Å². The molecule has 0 spiro atoms. The number of carbonyl (C=O) groups excluding carboxylic acids is 1. The molecule has 0 saturated carbocycles. The highest BCUT2D eigenvalue weighted by atomic mass is 16.7. The lowest BCUT2D eigenvalue weighted by atomic mass is 9.78. The molecule has 26 heavy (non-hydrogen) atoms. The van der Waals surface area contributed by atoms with E-state index in [0.29, 0.717) is 23.6 Å². The quantitative estimate of drug-likeness (QED) is 0.898. The zero-order valence-corrected chi connectivity index (χ0v) is 16.0. The van der Waals surface area contributed by atoms with E-state index in [1.165, 1.54) is 12.8 Å². The number of hydroxylamine groups is 2. The van der Waals surface area contributed by atoms with Gasteiger partial charge < -0.3 is 10.2 Å². The van der Waals surface area contributed by atoms with Crippen molar-refractivity contribution < 1.29 is 9.63 Å².